The first-order valence-corrected chi connectivity index (χ1v) is 11.8. The highest BCUT2D eigenvalue weighted by Gasteiger charge is 2.25. The molecule has 0 bridgehead atoms. The SMILES string of the molecule is COc1cc2nc3cc4c(cc3oc2c2c(C)cc(=O)nc12)Nc1cc(OC)c2[nH]c(=O)cc(C)c2c1O4. The predicted octanol–water partition coefficient (Wildman–Crippen LogP) is 5.21. The van der Waals surface area contributed by atoms with Gasteiger partial charge >= 0.3 is 0 Å². The fraction of sp³-hybridized carbons (Fsp3) is 0.143. The van der Waals surface area contributed by atoms with Crippen LogP contribution in [0.3, 0.4) is 0 Å². The average Bonchev–Trinajstić information content (AvgIpc) is 2.88. The molecule has 7 rings (SSSR count). The van der Waals surface area contributed by atoms with E-state index in [-0.39, 0.29) is 11.1 Å². The van der Waals surface area contributed by atoms with Gasteiger partial charge in [0.1, 0.15) is 28.0 Å². The number of hydrogen-bond acceptors (Lipinski definition) is 9. The van der Waals surface area contributed by atoms with E-state index in [9.17, 15) is 9.59 Å². The molecule has 1 aliphatic rings. The van der Waals surface area contributed by atoms with Gasteiger partial charge in [-0.2, -0.15) is 0 Å². The quantitative estimate of drug-likeness (QED) is 0.239. The smallest absolute Gasteiger partial charge is 0.270 e. The summed E-state index contributed by atoms with van der Waals surface area (Å²) in [6, 6.07) is 10.1. The number of aromatic nitrogens is 3. The first-order valence-electron chi connectivity index (χ1n) is 11.8. The van der Waals surface area contributed by atoms with Gasteiger partial charge in [0, 0.05) is 41.8 Å². The highest BCUT2D eigenvalue weighted by molar-refractivity contribution is 6.08. The number of methoxy groups -OCH3 is 2. The van der Waals surface area contributed by atoms with Crippen LogP contribution < -0.4 is 30.6 Å². The zero-order valence-corrected chi connectivity index (χ0v) is 20.8. The third kappa shape index (κ3) is 3.06. The Balaban J connectivity index is 1.48. The summed E-state index contributed by atoms with van der Waals surface area (Å²) in [7, 11) is 3.07. The summed E-state index contributed by atoms with van der Waals surface area (Å²) in [5.74, 6) is 2.07. The number of nitrogens with one attached hydrogen (secondary N) is 2. The molecule has 0 aliphatic carbocycles. The minimum atomic E-state index is -0.349. The highest BCUT2D eigenvalue weighted by atomic mass is 16.5. The molecule has 10 nitrogen and oxygen atoms in total. The lowest BCUT2D eigenvalue weighted by molar-refractivity contribution is 0.417. The van der Waals surface area contributed by atoms with E-state index in [1.54, 1.807) is 25.3 Å². The van der Waals surface area contributed by atoms with Crippen molar-refractivity contribution < 1.29 is 18.6 Å². The van der Waals surface area contributed by atoms with Crippen LogP contribution in [0.1, 0.15) is 11.1 Å². The largest absolute Gasteiger partial charge is 0.494 e. The molecule has 188 valence electrons. The van der Waals surface area contributed by atoms with Crippen molar-refractivity contribution in [3.05, 3.63) is 68.2 Å². The molecule has 3 aromatic heterocycles. The summed E-state index contributed by atoms with van der Waals surface area (Å²) >= 11 is 0. The number of hydrogen-bond donors (Lipinski definition) is 2. The van der Waals surface area contributed by atoms with Crippen molar-refractivity contribution in [2.24, 2.45) is 0 Å². The van der Waals surface area contributed by atoms with Crippen LogP contribution in [0, 0.1) is 13.8 Å². The summed E-state index contributed by atoms with van der Waals surface area (Å²) < 4.78 is 23.8. The molecule has 0 fully saturated rings. The number of H-pyrrole nitrogens is 1. The maximum atomic E-state index is 12.1. The molecular formula is C28H20N4O6. The zero-order chi connectivity index (χ0) is 26.3. The Kier molecular flexibility index (Phi) is 4.47. The molecule has 3 aromatic carbocycles. The van der Waals surface area contributed by atoms with Gasteiger partial charge in [-0.05, 0) is 25.0 Å². The van der Waals surface area contributed by atoms with Gasteiger partial charge in [0.2, 0.25) is 5.56 Å². The molecule has 0 saturated heterocycles. The minimum absolute atomic E-state index is 0.221. The van der Waals surface area contributed by atoms with Crippen LogP contribution in [-0.2, 0) is 0 Å². The molecular weight excluding hydrogens is 488 g/mol. The van der Waals surface area contributed by atoms with Crippen LogP contribution >= 0.6 is 0 Å². The number of aryl methyl sites for hydroxylation is 2. The van der Waals surface area contributed by atoms with Gasteiger partial charge in [-0.1, -0.05) is 0 Å². The van der Waals surface area contributed by atoms with Gasteiger partial charge in [-0.25, -0.2) is 9.97 Å². The molecule has 10 heteroatoms. The third-order valence-electron chi connectivity index (χ3n) is 6.82. The van der Waals surface area contributed by atoms with E-state index in [0.717, 1.165) is 16.5 Å². The molecule has 4 heterocycles. The number of benzene rings is 3. The number of rotatable bonds is 2. The second-order valence-corrected chi connectivity index (χ2v) is 9.21. The molecule has 0 unspecified atom stereocenters. The second kappa shape index (κ2) is 7.69. The number of aromatic amines is 1. The van der Waals surface area contributed by atoms with E-state index < -0.39 is 0 Å². The zero-order valence-electron chi connectivity index (χ0n) is 20.8. The molecule has 6 aromatic rings. The van der Waals surface area contributed by atoms with Crippen molar-refractivity contribution in [3.63, 3.8) is 0 Å². The highest BCUT2D eigenvalue weighted by Crippen LogP contribution is 2.49. The predicted molar refractivity (Wildman–Crippen MR) is 144 cm³/mol. The van der Waals surface area contributed by atoms with Crippen LogP contribution in [0.15, 0.2) is 50.4 Å². The summed E-state index contributed by atoms with van der Waals surface area (Å²) in [4.78, 5) is 36.1. The molecule has 0 saturated carbocycles. The van der Waals surface area contributed by atoms with Crippen LogP contribution in [0.2, 0.25) is 0 Å². The Morgan fingerprint density at radius 1 is 0.816 bits per heavy atom. The van der Waals surface area contributed by atoms with Gasteiger partial charge < -0.3 is 28.9 Å². The maximum absolute atomic E-state index is 12.1. The van der Waals surface area contributed by atoms with Crippen molar-refractivity contribution in [3.8, 4) is 23.0 Å². The van der Waals surface area contributed by atoms with E-state index in [4.69, 9.17) is 23.6 Å². The monoisotopic (exact) mass is 508 g/mol. The van der Waals surface area contributed by atoms with E-state index in [2.05, 4.69) is 15.3 Å². The Morgan fingerprint density at radius 3 is 2.39 bits per heavy atom. The van der Waals surface area contributed by atoms with Crippen molar-refractivity contribution >= 4 is 55.4 Å². The fourth-order valence-electron chi connectivity index (χ4n) is 5.16. The molecule has 0 spiro atoms. The van der Waals surface area contributed by atoms with E-state index in [0.29, 0.717) is 73.0 Å². The lowest BCUT2D eigenvalue weighted by Crippen LogP contribution is -2.10. The number of fused-ring (bicyclic) bond motifs is 8. The van der Waals surface area contributed by atoms with Crippen LogP contribution in [-0.4, -0.2) is 29.2 Å². The number of anilines is 2. The van der Waals surface area contributed by atoms with Crippen LogP contribution in [0.5, 0.6) is 23.0 Å². The lowest BCUT2D eigenvalue weighted by atomic mass is 10.1. The van der Waals surface area contributed by atoms with E-state index in [1.165, 1.54) is 19.2 Å². The molecule has 0 radical (unpaired) electrons. The minimum Gasteiger partial charge on any atom is -0.494 e. The van der Waals surface area contributed by atoms with Gasteiger partial charge in [0.05, 0.1) is 36.5 Å². The number of ether oxygens (including phenoxy) is 3. The Hall–Kier alpha value is -5.12. The van der Waals surface area contributed by atoms with Crippen molar-refractivity contribution in [1.82, 2.24) is 15.0 Å². The van der Waals surface area contributed by atoms with Crippen molar-refractivity contribution in [1.29, 1.82) is 0 Å². The van der Waals surface area contributed by atoms with Gasteiger partial charge in [0.25, 0.3) is 5.56 Å². The van der Waals surface area contributed by atoms with Crippen molar-refractivity contribution in [2.45, 2.75) is 13.8 Å². The molecule has 38 heavy (non-hydrogen) atoms. The van der Waals surface area contributed by atoms with Gasteiger partial charge in [-0.15, -0.1) is 0 Å². The van der Waals surface area contributed by atoms with Crippen molar-refractivity contribution in [2.75, 3.05) is 19.5 Å². The molecule has 0 atom stereocenters. The molecule has 2 N–H and O–H groups in total. The average molecular weight is 508 g/mol. The standard InChI is InChI=1S/C28H20N4O6/c1-11-5-21(33)31-25-19(35-3)9-15-27(23(11)25)37-17-7-14-18(8-13(17)29-15)38-28-16(30-14)10-20(36-4)26-24(28)12(2)6-22(34)32-26/h5-10,29H,1-4H3,(H,31,33). The van der Waals surface area contributed by atoms with E-state index in [1.807, 2.05) is 19.9 Å². The third-order valence-corrected chi connectivity index (χ3v) is 6.82. The Bertz CT molecular complexity index is 2130. The normalized spacial score (nSPS) is 12.3. The lowest BCUT2D eigenvalue weighted by Gasteiger charge is -2.25. The first-order chi connectivity index (χ1) is 18.3. The summed E-state index contributed by atoms with van der Waals surface area (Å²) in [5.41, 5.74) is 5.39. The molecule has 0 amide bonds. The summed E-state index contributed by atoms with van der Waals surface area (Å²) in [6.07, 6.45) is 0. The van der Waals surface area contributed by atoms with Gasteiger partial charge in [-0.3, -0.25) is 9.59 Å². The fourth-order valence-corrected chi connectivity index (χ4v) is 5.16. The number of nitrogens with zero attached hydrogens (tertiary/aromatic N) is 2. The summed E-state index contributed by atoms with van der Waals surface area (Å²) in [6.45, 7) is 3.68. The van der Waals surface area contributed by atoms with Crippen LogP contribution in [0.25, 0.3) is 44.0 Å². The van der Waals surface area contributed by atoms with Crippen LogP contribution in [0.4, 0.5) is 11.4 Å². The number of pyridine rings is 2. The summed E-state index contributed by atoms with van der Waals surface area (Å²) in [5, 5.41) is 4.81. The topological polar surface area (TPSA) is 129 Å². The van der Waals surface area contributed by atoms with E-state index >= 15 is 0 Å². The second-order valence-electron chi connectivity index (χ2n) is 9.21. The van der Waals surface area contributed by atoms with Gasteiger partial charge in [0.15, 0.2) is 22.7 Å². The Morgan fingerprint density at radius 2 is 1.61 bits per heavy atom. The molecule has 1 aliphatic heterocycles. The maximum Gasteiger partial charge on any atom is 0.270 e. The first kappa shape index (κ1) is 22.1. The Labute approximate surface area is 213 Å².